The number of likely N-dealkylation sites (tertiary alicyclic amines) is 1. The maximum Gasteiger partial charge on any atom is 0.317 e. The summed E-state index contributed by atoms with van der Waals surface area (Å²) in [5.41, 5.74) is 0. The first-order valence-electron chi connectivity index (χ1n) is 7.20. The summed E-state index contributed by atoms with van der Waals surface area (Å²) in [4.78, 5) is 14.0. The van der Waals surface area contributed by atoms with E-state index in [1.165, 1.54) is 0 Å². The molecule has 0 bridgehead atoms. The van der Waals surface area contributed by atoms with Crippen LogP contribution in [0.3, 0.4) is 0 Å². The topological polar surface area (TPSA) is 50.8 Å². The SMILES string of the molecule is O=C(NC[C@H]1CCCO1)N1CCC2(CC1)OCCS2. The highest BCUT2D eigenvalue weighted by Crippen LogP contribution is 2.41. The van der Waals surface area contributed by atoms with Gasteiger partial charge in [-0.3, -0.25) is 0 Å². The summed E-state index contributed by atoms with van der Waals surface area (Å²) in [5.74, 6) is 1.09. The zero-order valence-electron chi connectivity index (χ0n) is 11.2. The molecule has 1 atom stereocenters. The number of hydrogen-bond acceptors (Lipinski definition) is 4. The second-order valence-electron chi connectivity index (χ2n) is 5.42. The van der Waals surface area contributed by atoms with Gasteiger partial charge in [-0.05, 0) is 12.8 Å². The minimum Gasteiger partial charge on any atom is -0.376 e. The number of hydrogen-bond donors (Lipinski definition) is 1. The number of amides is 2. The van der Waals surface area contributed by atoms with Crippen molar-refractivity contribution in [1.82, 2.24) is 10.2 Å². The molecule has 19 heavy (non-hydrogen) atoms. The number of ether oxygens (including phenoxy) is 2. The lowest BCUT2D eigenvalue weighted by molar-refractivity contribution is 0.00909. The molecule has 0 aromatic carbocycles. The average Bonchev–Trinajstić information content (AvgIpc) is 3.09. The zero-order chi connectivity index (χ0) is 13.1. The lowest BCUT2D eigenvalue weighted by atomic mass is 10.1. The number of carbonyl (C=O) groups is 1. The molecule has 0 aromatic rings. The van der Waals surface area contributed by atoms with Gasteiger partial charge in [0.05, 0.1) is 12.7 Å². The molecule has 0 unspecified atom stereocenters. The normalized spacial score (nSPS) is 29.9. The van der Waals surface area contributed by atoms with Crippen LogP contribution in [0.15, 0.2) is 0 Å². The first-order chi connectivity index (χ1) is 9.27. The smallest absolute Gasteiger partial charge is 0.317 e. The van der Waals surface area contributed by atoms with Gasteiger partial charge in [0.15, 0.2) is 0 Å². The van der Waals surface area contributed by atoms with Crippen LogP contribution in [-0.4, -0.2) is 60.6 Å². The minimum absolute atomic E-state index is 0.00530. The predicted molar refractivity (Wildman–Crippen MR) is 74.3 cm³/mol. The average molecular weight is 286 g/mol. The third-order valence-corrected chi connectivity index (χ3v) is 5.55. The Morgan fingerprint density at radius 2 is 2.21 bits per heavy atom. The van der Waals surface area contributed by atoms with Crippen LogP contribution in [-0.2, 0) is 9.47 Å². The van der Waals surface area contributed by atoms with E-state index in [9.17, 15) is 4.79 Å². The first kappa shape index (κ1) is 13.5. The van der Waals surface area contributed by atoms with Crippen molar-refractivity contribution in [1.29, 1.82) is 0 Å². The van der Waals surface area contributed by atoms with Gasteiger partial charge in [0.1, 0.15) is 4.93 Å². The van der Waals surface area contributed by atoms with Gasteiger partial charge in [0.2, 0.25) is 0 Å². The van der Waals surface area contributed by atoms with E-state index in [-0.39, 0.29) is 17.1 Å². The lowest BCUT2D eigenvalue weighted by Gasteiger charge is -2.37. The highest BCUT2D eigenvalue weighted by atomic mass is 32.2. The third kappa shape index (κ3) is 3.17. The Morgan fingerprint density at radius 1 is 1.37 bits per heavy atom. The van der Waals surface area contributed by atoms with Crippen LogP contribution in [0.4, 0.5) is 4.79 Å². The van der Waals surface area contributed by atoms with Crippen LogP contribution in [0.1, 0.15) is 25.7 Å². The molecule has 0 aromatic heterocycles. The molecule has 3 fully saturated rings. The van der Waals surface area contributed by atoms with Crippen molar-refractivity contribution < 1.29 is 14.3 Å². The second-order valence-corrected chi connectivity index (χ2v) is 6.86. The van der Waals surface area contributed by atoms with Gasteiger partial charge in [0.25, 0.3) is 0 Å². The maximum absolute atomic E-state index is 12.1. The molecule has 3 heterocycles. The Hall–Kier alpha value is -0.460. The van der Waals surface area contributed by atoms with Crippen molar-refractivity contribution in [2.24, 2.45) is 0 Å². The molecule has 108 valence electrons. The van der Waals surface area contributed by atoms with Gasteiger partial charge in [-0.15, -0.1) is 11.8 Å². The summed E-state index contributed by atoms with van der Waals surface area (Å²) in [6, 6.07) is 0.0494. The standard InChI is InChI=1S/C13H22N2O3S/c16-12(14-10-11-2-1-7-17-11)15-5-3-13(4-6-15)18-8-9-19-13/h11H,1-10H2,(H,14,16)/t11-/m1/s1. The summed E-state index contributed by atoms with van der Waals surface area (Å²) in [7, 11) is 0. The van der Waals surface area contributed by atoms with Crippen LogP contribution in [0.2, 0.25) is 0 Å². The Bertz CT molecular complexity index is 318. The number of nitrogens with zero attached hydrogens (tertiary/aromatic N) is 1. The molecule has 0 saturated carbocycles. The molecule has 3 aliphatic heterocycles. The van der Waals surface area contributed by atoms with Crippen LogP contribution in [0, 0.1) is 0 Å². The van der Waals surface area contributed by atoms with Crippen molar-refractivity contribution in [3.05, 3.63) is 0 Å². The minimum atomic E-state index is 0.00530. The molecule has 1 N–H and O–H groups in total. The highest BCUT2D eigenvalue weighted by molar-refractivity contribution is 8.00. The number of nitrogens with one attached hydrogen (secondary N) is 1. The van der Waals surface area contributed by atoms with Crippen molar-refractivity contribution in [2.45, 2.75) is 36.7 Å². The van der Waals surface area contributed by atoms with E-state index < -0.39 is 0 Å². The van der Waals surface area contributed by atoms with Gasteiger partial charge in [-0.25, -0.2) is 4.79 Å². The fourth-order valence-corrected chi connectivity index (χ4v) is 4.13. The van der Waals surface area contributed by atoms with E-state index >= 15 is 0 Å². The van der Waals surface area contributed by atoms with Gasteiger partial charge in [-0.1, -0.05) is 0 Å². The van der Waals surface area contributed by atoms with Crippen molar-refractivity contribution in [3.63, 3.8) is 0 Å². The zero-order valence-corrected chi connectivity index (χ0v) is 12.0. The molecule has 2 amide bonds. The number of piperidine rings is 1. The number of carbonyl (C=O) groups excluding carboxylic acids is 1. The second kappa shape index (κ2) is 5.89. The molecule has 3 aliphatic rings. The first-order valence-corrected chi connectivity index (χ1v) is 8.18. The molecule has 3 rings (SSSR count). The lowest BCUT2D eigenvalue weighted by Crippen LogP contribution is -2.49. The van der Waals surface area contributed by atoms with E-state index in [1.54, 1.807) is 0 Å². The summed E-state index contributed by atoms with van der Waals surface area (Å²) < 4.78 is 11.3. The molecular weight excluding hydrogens is 264 g/mol. The van der Waals surface area contributed by atoms with Gasteiger partial charge in [-0.2, -0.15) is 0 Å². The van der Waals surface area contributed by atoms with E-state index in [2.05, 4.69) is 5.32 Å². The van der Waals surface area contributed by atoms with Crippen LogP contribution < -0.4 is 5.32 Å². The number of urea groups is 1. The monoisotopic (exact) mass is 286 g/mol. The van der Waals surface area contributed by atoms with E-state index in [0.29, 0.717) is 6.54 Å². The van der Waals surface area contributed by atoms with Crippen LogP contribution >= 0.6 is 11.8 Å². The Labute approximate surface area is 118 Å². The van der Waals surface area contributed by atoms with Gasteiger partial charge < -0.3 is 19.7 Å². The van der Waals surface area contributed by atoms with Gasteiger partial charge in [0, 0.05) is 44.8 Å². The highest BCUT2D eigenvalue weighted by Gasteiger charge is 2.40. The Balaban J connectivity index is 1.41. The molecule has 3 saturated heterocycles. The van der Waals surface area contributed by atoms with E-state index in [1.807, 2.05) is 16.7 Å². The Kier molecular flexibility index (Phi) is 4.19. The molecule has 0 aliphatic carbocycles. The largest absolute Gasteiger partial charge is 0.376 e. The summed E-state index contributed by atoms with van der Waals surface area (Å²) in [6.45, 7) is 3.93. The summed E-state index contributed by atoms with van der Waals surface area (Å²) in [6.07, 6.45) is 4.29. The van der Waals surface area contributed by atoms with E-state index in [4.69, 9.17) is 9.47 Å². The van der Waals surface area contributed by atoms with Crippen molar-refractivity contribution in [2.75, 3.05) is 38.6 Å². The predicted octanol–water partition coefficient (Wildman–Crippen LogP) is 1.43. The molecular formula is C13H22N2O3S. The van der Waals surface area contributed by atoms with Crippen LogP contribution in [0.5, 0.6) is 0 Å². The Morgan fingerprint density at radius 3 is 2.84 bits per heavy atom. The molecule has 0 radical (unpaired) electrons. The van der Waals surface area contributed by atoms with Crippen molar-refractivity contribution >= 4 is 17.8 Å². The fourth-order valence-electron chi connectivity index (χ4n) is 2.95. The fraction of sp³-hybridized carbons (Fsp3) is 0.923. The van der Waals surface area contributed by atoms with Crippen LogP contribution in [0.25, 0.3) is 0 Å². The number of thioether (sulfide) groups is 1. The molecule has 6 heteroatoms. The summed E-state index contributed by atoms with van der Waals surface area (Å²) >= 11 is 1.91. The summed E-state index contributed by atoms with van der Waals surface area (Å²) in [5, 5.41) is 2.99. The quantitative estimate of drug-likeness (QED) is 0.834. The molecule has 5 nitrogen and oxygen atoms in total. The maximum atomic E-state index is 12.1. The van der Waals surface area contributed by atoms with Crippen molar-refractivity contribution in [3.8, 4) is 0 Å². The number of rotatable bonds is 2. The van der Waals surface area contributed by atoms with Gasteiger partial charge >= 0.3 is 6.03 Å². The van der Waals surface area contributed by atoms with E-state index in [0.717, 1.165) is 57.7 Å². The molecule has 1 spiro atoms. The third-order valence-electron chi connectivity index (χ3n) is 4.13.